The van der Waals surface area contributed by atoms with E-state index in [1.165, 1.54) is 22.8 Å². The van der Waals surface area contributed by atoms with Crippen LogP contribution in [-0.4, -0.2) is 30.0 Å². The Kier molecular flexibility index (Phi) is 6.34. The number of aromatic nitrogens is 2. The summed E-state index contributed by atoms with van der Waals surface area (Å²) in [6.07, 6.45) is 7.33. The van der Waals surface area contributed by atoms with Gasteiger partial charge in [-0.05, 0) is 86.1 Å². The van der Waals surface area contributed by atoms with Gasteiger partial charge in [-0.15, -0.1) is 0 Å². The molecule has 5 nitrogen and oxygen atoms in total. The van der Waals surface area contributed by atoms with Crippen LogP contribution >= 0.6 is 0 Å². The smallest absolute Gasteiger partial charge is 0.253 e. The summed E-state index contributed by atoms with van der Waals surface area (Å²) in [5.74, 6) is 1.83. The number of H-pyrrole nitrogens is 1. The van der Waals surface area contributed by atoms with Crippen molar-refractivity contribution in [1.29, 1.82) is 0 Å². The van der Waals surface area contributed by atoms with E-state index in [0.717, 1.165) is 53.6 Å². The van der Waals surface area contributed by atoms with Crippen LogP contribution < -0.4 is 5.56 Å². The summed E-state index contributed by atoms with van der Waals surface area (Å²) in [5.41, 5.74) is 7.89. The number of hydrogen-bond donors (Lipinski definition) is 1. The molecule has 0 unspecified atom stereocenters. The zero-order chi connectivity index (χ0) is 24.1. The van der Waals surface area contributed by atoms with E-state index < -0.39 is 9.84 Å². The van der Waals surface area contributed by atoms with Crippen LogP contribution in [0.25, 0.3) is 22.2 Å². The molecule has 0 saturated heterocycles. The van der Waals surface area contributed by atoms with Gasteiger partial charge in [-0.25, -0.2) is 8.42 Å². The molecule has 1 aliphatic carbocycles. The predicted molar refractivity (Wildman–Crippen MR) is 137 cm³/mol. The van der Waals surface area contributed by atoms with Crippen molar-refractivity contribution in [3.63, 3.8) is 0 Å². The Hall–Kier alpha value is -2.34. The summed E-state index contributed by atoms with van der Waals surface area (Å²) >= 11 is 0. The standard InChI is InChI=1S/C27H36N2O3S/c1-16(2)25-22-14-20(21-12-19(13-21)8-7-11-33(6,31)32)9-10-24(22)28-26(25)23-15-29(5)27(30)18(4)17(23)3/h9-10,14-16,19,21,28H,7-8,11-13H2,1-6H3. The minimum absolute atomic E-state index is 0.0526. The number of rotatable bonds is 7. The Morgan fingerprint density at radius 2 is 1.85 bits per heavy atom. The Morgan fingerprint density at radius 1 is 1.15 bits per heavy atom. The molecule has 4 rings (SSSR count). The number of nitrogens with one attached hydrogen (secondary N) is 1. The number of sulfone groups is 1. The number of aromatic amines is 1. The second kappa shape index (κ2) is 8.79. The molecule has 0 atom stereocenters. The average Bonchev–Trinajstić information content (AvgIpc) is 3.08. The molecule has 6 heteroatoms. The van der Waals surface area contributed by atoms with Gasteiger partial charge in [0.2, 0.25) is 0 Å². The van der Waals surface area contributed by atoms with E-state index in [1.54, 1.807) is 4.57 Å². The lowest BCUT2D eigenvalue weighted by molar-refractivity contribution is 0.246. The van der Waals surface area contributed by atoms with Crippen molar-refractivity contribution in [2.45, 2.75) is 65.2 Å². The van der Waals surface area contributed by atoms with Crippen LogP contribution in [0.5, 0.6) is 0 Å². The zero-order valence-corrected chi connectivity index (χ0v) is 21.5. The van der Waals surface area contributed by atoms with Crippen LogP contribution in [0.1, 0.15) is 73.6 Å². The van der Waals surface area contributed by atoms with Gasteiger partial charge in [0.25, 0.3) is 5.56 Å². The molecule has 2 heterocycles. The number of nitrogens with zero attached hydrogens (tertiary/aromatic N) is 1. The maximum absolute atomic E-state index is 12.4. The van der Waals surface area contributed by atoms with Gasteiger partial charge in [-0.2, -0.15) is 0 Å². The number of fused-ring (bicyclic) bond motifs is 1. The average molecular weight is 469 g/mol. The Morgan fingerprint density at radius 3 is 2.48 bits per heavy atom. The fraction of sp³-hybridized carbons (Fsp3) is 0.519. The van der Waals surface area contributed by atoms with E-state index in [1.807, 2.05) is 27.1 Å². The van der Waals surface area contributed by atoms with Gasteiger partial charge >= 0.3 is 0 Å². The SMILES string of the molecule is Cc1c(-c2[nH]c3ccc(C4CC(CCCS(C)(=O)=O)C4)cc3c2C(C)C)cn(C)c(=O)c1C. The van der Waals surface area contributed by atoms with Crippen molar-refractivity contribution in [2.24, 2.45) is 13.0 Å². The molecule has 0 spiro atoms. The van der Waals surface area contributed by atoms with Crippen molar-refractivity contribution in [1.82, 2.24) is 9.55 Å². The first kappa shape index (κ1) is 23.8. The van der Waals surface area contributed by atoms with Gasteiger partial charge in [0.1, 0.15) is 9.84 Å². The van der Waals surface area contributed by atoms with Crippen molar-refractivity contribution >= 4 is 20.7 Å². The van der Waals surface area contributed by atoms with E-state index in [9.17, 15) is 13.2 Å². The molecular formula is C27H36N2O3S. The van der Waals surface area contributed by atoms with Gasteiger partial charge in [0.05, 0.1) is 5.69 Å². The first-order chi connectivity index (χ1) is 15.5. The van der Waals surface area contributed by atoms with Crippen LogP contribution in [0.2, 0.25) is 0 Å². The Labute approximate surface area is 197 Å². The van der Waals surface area contributed by atoms with Crippen LogP contribution in [0, 0.1) is 19.8 Å². The lowest BCUT2D eigenvalue weighted by atomic mass is 9.69. The molecule has 178 valence electrons. The quantitative estimate of drug-likeness (QED) is 0.491. The maximum Gasteiger partial charge on any atom is 0.253 e. The van der Waals surface area contributed by atoms with Crippen molar-refractivity contribution in [2.75, 3.05) is 12.0 Å². The lowest BCUT2D eigenvalue weighted by Gasteiger charge is -2.36. The summed E-state index contributed by atoms with van der Waals surface area (Å²) < 4.78 is 24.4. The molecule has 33 heavy (non-hydrogen) atoms. The third-order valence-electron chi connectivity index (χ3n) is 7.47. The molecule has 1 aromatic carbocycles. The molecule has 0 radical (unpaired) electrons. The summed E-state index contributed by atoms with van der Waals surface area (Å²) in [4.78, 5) is 16.0. The minimum Gasteiger partial charge on any atom is -0.354 e. The minimum atomic E-state index is -2.86. The van der Waals surface area contributed by atoms with E-state index in [-0.39, 0.29) is 5.56 Å². The number of hydrogen-bond acceptors (Lipinski definition) is 3. The Balaban J connectivity index is 1.64. The van der Waals surface area contributed by atoms with E-state index >= 15 is 0 Å². The van der Waals surface area contributed by atoms with E-state index in [0.29, 0.717) is 23.5 Å². The molecule has 0 aliphatic heterocycles. The molecule has 0 amide bonds. The highest BCUT2D eigenvalue weighted by Crippen LogP contribution is 2.45. The molecule has 1 N–H and O–H groups in total. The largest absolute Gasteiger partial charge is 0.354 e. The van der Waals surface area contributed by atoms with Gasteiger partial charge in [0, 0.05) is 47.3 Å². The Bertz CT molecular complexity index is 1360. The first-order valence-corrected chi connectivity index (χ1v) is 14.0. The molecule has 1 saturated carbocycles. The fourth-order valence-electron chi connectivity index (χ4n) is 5.40. The molecular weight excluding hydrogens is 432 g/mol. The zero-order valence-electron chi connectivity index (χ0n) is 20.7. The summed E-state index contributed by atoms with van der Waals surface area (Å²) in [7, 11) is -1.04. The van der Waals surface area contributed by atoms with Crippen LogP contribution in [0.15, 0.2) is 29.2 Å². The second-order valence-electron chi connectivity index (χ2n) is 10.4. The maximum atomic E-state index is 12.4. The number of pyridine rings is 1. The van der Waals surface area contributed by atoms with Gasteiger partial charge < -0.3 is 9.55 Å². The summed E-state index contributed by atoms with van der Waals surface area (Å²) in [6, 6.07) is 6.79. The summed E-state index contributed by atoms with van der Waals surface area (Å²) in [6.45, 7) is 8.39. The summed E-state index contributed by atoms with van der Waals surface area (Å²) in [5, 5.41) is 1.27. The molecule has 0 bridgehead atoms. The lowest BCUT2D eigenvalue weighted by Crippen LogP contribution is -2.22. The molecule has 1 aliphatic rings. The first-order valence-electron chi connectivity index (χ1n) is 12.0. The van der Waals surface area contributed by atoms with Gasteiger partial charge in [-0.3, -0.25) is 4.79 Å². The number of benzene rings is 1. The van der Waals surface area contributed by atoms with Crippen LogP contribution in [0.3, 0.4) is 0 Å². The highest BCUT2D eigenvalue weighted by molar-refractivity contribution is 7.90. The van der Waals surface area contributed by atoms with Crippen molar-refractivity contribution in [3.8, 4) is 11.3 Å². The third-order valence-corrected chi connectivity index (χ3v) is 8.50. The van der Waals surface area contributed by atoms with Crippen molar-refractivity contribution < 1.29 is 8.42 Å². The van der Waals surface area contributed by atoms with Crippen LogP contribution in [0.4, 0.5) is 0 Å². The third kappa shape index (κ3) is 4.68. The fourth-order valence-corrected chi connectivity index (χ4v) is 6.09. The topological polar surface area (TPSA) is 71.9 Å². The molecule has 2 aromatic heterocycles. The van der Waals surface area contributed by atoms with Gasteiger partial charge in [0.15, 0.2) is 0 Å². The normalized spacial score (nSPS) is 18.8. The van der Waals surface area contributed by atoms with Crippen LogP contribution in [-0.2, 0) is 16.9 Å². The predicted octanol–water partition coefficient (Wildman–Crippen LogP) is 5.59. The second-order valence-corrected chi connectivity index (χ2v) is 12.6. The highest BCUT2D eigenvalue weighted by atomic mass is 32.2. The molecule has 3 aromatic rings. The van der Waals surface area contributed by atoms with E-state index in [4.69, 9.17) is 0 Å². The van der Waals surface area contributed by atoms with E-state index in [2.05, 4.69) is 37.0 Å². The van der Waals surface area contributed by atoms with Crippen molar-refractivity contribution in [3.05, 3.63) is 57.0 Å². The number of aryl methyl sites for hydroxylation is 1. The monoisotopic (exact) mass is 468 g/mol. The highest BCUT2D eigenvalue weighted by Gasteiger charge is 2.30. The van der Waals surface area contributed by atoms with Gasteiger partial charge in [-0.1, -0.05) is 19.9 Å². The molecule has 1 fully saturated rings.